The number of carbonyl (C=O) groups excluding carboxylic acids is 2. The summed E-state index contributed by atoms with van der Waals surface area (Å²) in [6, 6.07) is 4.61. The van der Waals surface area contributed by atoms with Crippen LogP contribution >= 0.6 is 0 Å². The highest BCUT2D eigenvalue weighted by Gasteiger charge is 2.14. The fourth-order valence-electron chi connectivity index (χ4n) is 1.96. The molecule has 2 N–H and O–H groups in total. The van der Waals surface area contributed by atoms with Gasteiger partial charge in [-0.25, -0.2) is 0 Å². The minimum atomic E-state index is -3.02. The van der Waals surface area contributed by atoms with Gasteiger partial charge in [-0.2, -0.15) is 8.78 Å². The van der Waals surface area contributed by atoms with E-state index >= 15 is 0 Å². The number of amides is 2. The van der Waals surface area contributed by atoms with Crippen molar-refractivity contribution in [3.63, 3.8) is 0 Å². The molecular weight excluding hydrogens is 334 g/mol. The van der Waals surface area contributed by atoms with Gasteiger partial charge in [-0.05, 0) is 26.0 Å². The summed E-state index contributed by atoms with van der Waals surface area (Å²) in [6.45, 7) is 0.829. The van der Waals surface area contributed by atoms with Crippen LogP contribution in [0.3, 0.4) is 0 Å². The smallest absolute Gasteiger partial charge is 0.387 e. The number of benzene rings is 1. The second kappa shape index (κ2) is 10.3. The van der Waals surface area contributed by atoms with Crippen LogP contribution < -0.4 is 20.1 Å². The molecule has 0 aromatic heterocycles. The normalized spacial score (nSPS) is 11.0. The summed E-state index contributed by atoms with van der Waals surface area (Å²) in [4.78, 5) is 23.2. The fourth-order valence-corrected chi connectivity index (χ4v) is 1.96. The zero-order chi connectivity index (χ0) is 18.8. The molecule has 0 saturated heterocycles. The number of hydrogen-bond acceptors (Lipinski definition) is 4. The van der Waals surface area contributed by atoms with Crippen LogP contribution in [0.2, 0.25) is 0 Å². The summed E-state index contributed by atoms with van der Waals surface area (Å²) in [5.41, 5.74) is 0.271. The minimum absolute atomic E-state index is 0.0319. The fraction of sp³-hybridized carbons (Fsp3) is 0.412. The zero-order valence-corrected chi connectivity index (χ0v) is 14.3. The van der Waals surface area contributed by atoms with Crippen LogP contribution in [0.1, 0.15) is 25.8 Å². The third-order valence-corrected chi connectivity index (χ3v) is 2.95. The highest BCUT2D eigenvalue weighted by molar-refractivity contribution is 5.92. The van der Waals surface area contributed by atoms with E-state index in [0.717, 1.165) is 0 Å². The molecule has 0 bridgehead atoms. The van der Waals surface area contributed by atoms with Crippen molar-refractivity contribution in [2.24, 2.45) is 0 Å². The number of ether oxygens (including phenoxy) is 2. The Morgan fingerprint density at radius 2 is 2.00 bits per heavy atom. The zero-order valence-electron chi connectivity index (χ0n) is 14.3. The first-order valence-electron chi connectivity index (χ1n) is 7.70. The molecular formula is C17H22F2N2O4. The van der Waals surface area contributed by atoms with E-state index < -0.39 is 12.5 Å². The number of rotatable bonds is 9. The van der Waals surface area contributed by atoms with Gasteiger partial charge < -0.3 is 20.1 Å². The van der Waals surface area contributed by atoms with Crippen molar-refractivity contribution in [1.29, 1.82) is 0 Å². The van der Waals surface area contributed by atoms with E-state index in [1.165, 1.54) is 31.4 Å². The van der Waals surface area contributed by atoms with Crippen LogP contribution in [0.15, 0.2) is 24.3 Å². The average Bonchev–Trinajstić information content (AvgIpc) is 2.52. The van der Waals surface area contributed by atoms with Crippen molar-refractivity contribution in [1.82, 2.24) is 10.6 Å². The van der Waals surface area contributed by atoms with Gasteiger partial charge >= 0.3 is 6.61 Å². The lowest BCUT2D eigenvalue weighted by Crippen LogP contribution is -2.33. The van der Waals surface area contributed by atoms with E-state index in [2.05, 4.69) is 15.4 Å². The van der Waals surface area contributed by atoms with Crippen molar-refractivity contribution >= 4 is 17.9 Å². The standard InChI is InChI=1S/C17H22F2N2O4/c1-11(2)21-15(23)9-10-20-14(22)8-7-12-5-4-6-13(24-3)16(12)25-17(18)19/h4-8,11,17H,9-10H2,1-3H3,(H,20,22)(H,21,23)/b8-7+. The van der Waals surface area contributed by atoms with E-state index in [0.29, 0.717) is 0 Å². The van der Waals surface area contributed by atoms with Crippen molar-refractivity contribution < 1.29 is 27.8 Å². The van der Waals surface area contributed by atoms with Crippen LogP contribution in [0.4, 0.5) is 8.78 Å². The number of nitrogens with one attached hydrogen (secondary N) is 2. The summed E-state index contributed by atoms with van der Waals surface area (Å²) in [7, 11) is 1.33. The monoisotopic (exact) mass is 356 g/mol. The number of para-hydroxylation sites is 1. The van der Waals surface area contributed by atoms with Gasteiger partial charge in [0.1, 0.15) is 0 Å². The summed E-state index contributed by atoms with van der Waals surface area (Å²) in [6.07, 6.45) is 2.66. The van der Waals surface area contributed by atoms with Crippen LogP contribution in [0.25, 0.3) is 6.08 Å². The third-order valence-electron chi connectivity index (χ3n) is 2.95. The maximum absolute atomic E-state index is 12.5. The van der Waals surface area contributed by atoms with Crippen molar-refractivity contribution in [2.45, 2.75) is 32.9 Å². The van der Waals surface area contributed by atoms with Crippen LogP contribution in [0, 0.1) is 0 Å². The second-order valence-electron chi connectivity index (χ2n) is 5.35. The quantitative estimate of drug-likeness (QED) is 0.666. The largest absolute Gasteiger partial charge is 0.493 e. The maximum atomic E-state index is 12.5. The van der Waals surface area contributed by atoms with Crippen molar-refractivity contribution in [3.05, 3.63) is 29.8 Å². The van der Waals surface area contributed by atoms with Crippen LogP contribution in [-0.2, 0) is 9.59 Å². The molecule has 0 aliphatic heterocycles. The summed E-state index contributed by atoms with van der Waals surface area (Å²) >= 11 is 0. The molecule has 0 unspecified atom stereocenters. The van der Waals surface area contributed by atoms with Crippen LogP contribution in [0.5, 0.6) is 11.5 Å². The molecule has 1 aromatic carbocycles. The molecule has 8 heteroatoms. The molecule has 0 radical (unpaired) electrons. The first kappa shape index (κ1) is 20.4. The Balaban J connectivity index is 2.65. The highest BCUT2D eigenvalue weighted by atomic mass is 19.3. The van der Waals surface area contributed by atoms with Gasteiger partial charge in [-0.3, -0.25) is 9.59 Å². The molecule has 0 atom stereocenters. The maximum Gasteiger partial charge on any atom is 0.387 e. The molecule has 1 rings (SSSR count). The number of hydrogen-bond donors (Lipinski definition) is 2. The summed E-state index contributed by atoms with van der Waals surface area (Å²) in [5.74, 6) is -0.642. The SMILES string of the molecule is COc1cccc(/C=C/C(=O)NCCC(=O)NC(C)C)c1OC(F)F. The first-order valence-corrected chi connectivity index (χ1v) is 7.70. The van der Waals surface area contributed by atoms with Gasteiger partial charge in [-0.15, -0.1) is 0 Å². The topological polar surface area (TPSA) is 76.7 Å². The molecule has 0 aliphatic carbocycles. The second-order valence-corrected chi connectivity index (χ2v) is 5.35. The lowest BCUT2D eigenvalue weighted by Gasteiger charge is -2.12. The van der Waals surface area contributed by atoms with E-state index in [9.17, 15) is 18.4 Å². The Morgan fingerprint density at radius 1 is 1.28 bits per heavy atom. The Bertz CT molecular complexity index is 619. The van der Waals surface area contributed by atoms with Gasteiger partial charge in [0.25, 0.3) is 0 Å². The summed E-state index contributed by atoms with van der Waals surface area (Å²) < 4.78 is 34.5. The molecule has 0 heterocycles. The molecule has 0 aliphatic rings. The predicted octanol–water partition coefficient (Wildman–Crippen LogP) is 2.34. The highest BCUT2D eigenvalue weighted by Crippen LogP contribution is 2.33. The predicted molar refractivity (Wildman–Crippen MR) is 89.6 cm³/mol. The molecule has 2 amide bonds. The van der Waals surface area contributed by atoms with Gasteiger partial charge in [0.2, 0.25) is 11.8 Å². The van der Waals surface area contributed by atoms with Gasteiger partial charge in [0.05, 0.1) is 7.11 Å². The number of carbonyl (C=O) groups is 2. The molecule has 1 aromatic rings. The first-order chi connectivity index (χ1) is 11.8. The molecule has 25 heavy (non-hydrogen) atoms. The number of methoxy groups -OCH3 is 1. The Morgan fingerprint density at radius 3 is 2.60 bits per heavy atom. The Kier molecular flexibility index (Phi) is 8.38. The molecule has 0 spiro atoms. The van der Waals surface area contributed by atoms with Gasteiger partial charge in [0, 0.05) is 30.6 Å². The van der Waals surface area contributed by atoms with Crippen molar-refractivity contribution in [3.8, 4) is 11.5 Å². The lowest BCUT2D eigenvalue weighted by molar-refractivity contribution is -0.121. The van der Waals surface area contributed by atoms with E-state index in [1.807, 2.05) is 13.8 Å². The van der Waals surface area contributed by atoms with E-state index in [-0.39, 0.29) is 42.0 Å². The van der Waals surface area contributed by atoms with Crippen molar-refractivity contribution in [2.75, 3.05) is 13.7 Å². The molecule has 0 fully saturated rings. The number of halogens is 2. The van der Waals surface area contributed by atoms with Crippen LogP contribution in [-0.4, -0.2) is 38.1 Å². The van der Waals surface area contributed by atoms with Gasteiger partial charge in [0.15, 0.2) is 11.5 Å². The molecule has 138 valence electrons. The lowest BCUT2D eigenvalue weighted by atomic mass is 10.1. The van der Waals surface area contributed by atoms with E-state index in [1.54, 1.807) is 6.07 Å². The minimum Gasteiger partial charge on any atom is -0.493 e. The van der Waals surface area contributed by atoms with Gasteiger partial charge in [-0.1, -0.05) is 12.1 Å². The summed E-state index contributed by atoms with van der Waals surface area (Å²) in [5, 5.41) is 5.24. The average molecular weight is 356 g/mol. The Hall–Kier alpha value is -2.64. The molecule has 6 nitrogen and oxygen atoms in total. The third kappa shape index (κ3) is 7.65. The Labute approximate surface area is 145 Å². The molecule has 0 saturated carbocycles. The number of alkyl halides is 2. The van der Waals surface area contributed by atoms with E-state index in [4.69, 9.17) is 4.74 Å².